The second-order valence-electron chi connectivity index (χ2n) is 1.74. The maximum Gasteiger partial charge on any atom is 0.0152 e. The Labute approximate surface area is 61.4 Å². The summed E-state index contributed by atoms with van der Waals surface area (Å²) in [6, 6.07) is 0. The van der Waals surface area contributed by atoms with Gasteiger partial charge in [0, 0.05) is 18.1 Å². The van der Waals surface area contributed by atoms with Crippen molar-refractivity contribution in [3.8, 4) is 0 Å². The number of nitrogens with one attached hydrogen (secondary N) is 1. The van der Waals surface area contributed by atoms with E-state index in [2.05, 4.69) is 11.9 Å². The molecule has 0 bridgehead atoms. The molecule has 2 heteroatoms. The summed E-state index contributed by atoms with van der Waals surface area (Å²) >= 11 is 5.55. The van der Waals surface area contributed by atoms with E-state index in [1.54, 1.807) is 0 Å². The van der Waals surface area contributed by atoms with Gasteiger partial charge in [-0.3, -0.25) is 0 Å². The Hall–Kier alpha value is -0.270. The first-order valence-electron chi connectivity index (χ1n) is 2.91. The van der Waals surface area contributed by atoms with Crippen LogP contribution in [0.3, 0.4) is 0 Å². The standard InChI is InChI=1S/C7H12ClN/c1-3-5-9-6-4-7(2)8/h3-4,9H,1,5-6H2,2H3/b7-4-. The van der Waals surface area contributed by atoms with Gasteiger partial charge in [-0.25, -0.2) is 0 Å². The average Bonchev–Trinajstić information content (AvgIpc) is 1.80. The van der Waals surface area contributed by atoms with Crippen molar-refractivity contribution in [2.24, 2.45) is 0 Å². The molecule has 0 amide bonds. The van der Waals surface area contributed by atoms with E-state index in [9.17, 15) is 0 Å². The van der Waals surface area contributed by atoms with Crippen LogP contribution >= 0.6 is 11.6 Å². The van der Waals surface area contributed by atoms with Crippen LogP contribution in [0.1, 0.15) is 6.92 Å². The minimum absolute atomic E-state index is 0.821. The Morgan fingerprint density at radius 1 is 1.67 bits per heavy atom. The van der Waals surface area contributed by atoms with Gasteiger partial charge in [0.15, 0.2) is 0 Å². The molecule has 0 radical (unpaired) electrons. The summed E-state index contributed by atoms with van der Waals surface area (Å²) in [4.78, 5) is 0. The molecule has 0 atom stereocenters. The number of halogens is 1. The van der Waals surface area contributed by atoms with Gasteiger partial charge in [-0.15, -0.1) is 6.58 Å². The number of rotatable bonds is 4. The molecule has 1 N–H and O–H groups in total. The van der Waals surface area contributed by atoms with Crippen molar-refractivity contribution in [1.29, 1.82) is 0 Å². The lowest BCUT2D eigenvalue weighted by Crippen LogP contribution is -2.12. The molecule has 0 heterocycles. The zero-order valence-electron chi connectivity index (χ0n) is 5.65. The van der Waals surface area contributed by atoms with Crippen LogP contribution < -0.4 is 5.32 Å². The molecule has 0 unspecified atom stereocenters. The summed E-state index contributed by atoms with van der Waals surface area (Å²) in [6.45, 7) is 7.07. The molecule has 9 heavy (non-hydrogen) atoms. The number of hydrogen-bond acceptors (Lipinski definition) is 1. The Kier molecular flexibility index (Phi) is 5.68. The zero-order valence-corrected chi connectivity index (χ0v) is 6.41. The van der Waals surface area contributed by atoms with Gasteiger partial charge >= 0.3 is 0 Å². The van der Waals surface area contributed by atoms with E-state index in [4.69, 9.17) is 11.6 Å². The summed E-state index contributed by atoms with van der Waals surface area (Å²) in [5.41, 5.74) is 0. The summed E-state index contributed by atoms with van der Waals surface area (Å²) < 4.78 is 0. The van der Waals surface area contributed by atoms with E-state index < -0.39 is 0 Å². The lowest BCUT2D eigenvalue weighted by atomic mass is 10.5. The van der Waals surface area contributed by atoms with Crippen LogP contribution in [0, 0.1) is 0 Å². The quantitative estimate of drug-likeness (QED) is 0.471. The molecule has 0 aromatic heterocycles. The van der Waals surface area contributed by atoms with Crippen molar-refractivity contribution in [2.75, 3.05) is 13.1 Å². The van der Waals surface area contributed by atoms with E-state index >= 15 is 0 Å². The lowest BCUT2D eigenvalue weighted by molar-refractivity contribution is 0.842. The molecule has 0 spiro atoms. The van der Waals surface area contributed by atoms with Gasteiger partial charge in [0.2, 0.25) is 0 Å². The molecule has 0 aliphatic rings. The molecule has 52 valence electrons. The first-order chi connectivity index (χ1) is 4.27. The van der Waals surface area contributed by atoms with Gasteiger partial charge in [0.25, 0.3) is 0 Å². The third kappa shape index (κ3) is 7.73. The molecular formula is C7H12ClN. The van der Waals surface area contributed by atoms with Crippen molar-refractivity contribution >= 4 is 11.6 Å². The zero-order chi connectivity index (χ0) is 7.11. The third-order valence-corrected chi connectivity index (χ3v) is 0.971. The van der Waals surface area contributed by atoms with E-state index in [1.807, 2.05) is 19.1 Å². The molecule has 0 aliphatic heterocycles. The summed E-state index contributed by atoms with van der Waals surface area (Å²) in [6.07, 6.45) is 3.74. The first-order valence-corrected chi connectivity index (χ1v) is 3.29. The maximum atomic E-state index is 5.55. The highest BCUT2D eigenvalue weighted by atomic mass is 35.5. The fraction of sp³-hybridized carbons (Fsp3) is 0.429. The summed E-state index contributed by atoms with van der Waals surface area (Å²) in [7, 11) is 0. The summed E-state index contributed by atoms with van der Waals surface area (Å²) in [5, 5.41) is 3.91. The van der Waals surface area contributed by atoms with Gasteiger partial charge < -0.3 is 5.32 Å². The van der Waals surface area contributed by atoms with E-state index in [-0.39, 0.29) is 0 Å². The van der Waals surface area contributed by atoms with E-state index in [1.165, 1.54) is 0 Å². The van der Waals surface area contributed by atoms with Crippen molar-refractivity contribution in [1.82, 2.24) is 5.32 Å². The maximum absolute atomic E-state index is 5.55. The number of allylic oxidation sites excluding steroid dienone is 1. The van der Waals surface area contributed by atoms with E-state index in [0.717, 1.165) is 18.1 Å². The van der Waals surface area contributed by atoms with Crippen LogP contribution in [-0.4, -0.2) is 13.1 Å². The molecule has 1 nitrogen and oxygen atoms in total. The third-order valence-electron chi connectivity index (χ3n) is 0.816. The largest absolute Gasteiger partial charge is 0.310 e. The minimum Gasteiger partial charge on any atom is -0.310 e. The van der Waals surface area contributed by atoms with Crippen LogP contribution in [0.4, 0.5) is 0 Å². The van der Waals surface area contributed by atoms with Crippen molar-refractivity contribution < 1.29 is 0 Å². The van der Waals surface area contributed by atoms with Gasteiger partial charge in [-0.1, -0.05) is 23.8 Å². The predicted molar refractivity (Wildman–Crippen MR) is 42.7 cm³/mol. The van der Waals surface area contributed by atoms with Crippen LogP contribution in [0.15, 0.2) is 23.8 Å². The Bertz CT molecular complexity index is 103. The Balaban J connectivity index is 3.09. The van der Waals surface area contributed by atoms with Gasteiger partial charge in [-0.05, 0) is 6.92 Å². The van der Waals surface area contributed by atoms with Crippen molar-refractivity contribution in [2.45, 2.75) is 6.92 Å². The van der Waals surface area contributed by atoms with Gasteiger partial charge in [0.05, 0.1) is 0 Å². The molecule has 0 saturated carbocycles. The monoisotopic (exact) mass is 145 g/mol. The number of hydrogen-bond donors (Lipinski definition) is 1. The van der Waals surface area contributed by atoms with Crippen LogP contribution in [0.5, 0.6) is 0 Å². The highest BCUT2D eigenvalue weighted by Gasteiger charge is 1.78. The topological polar surface area (TPSA) is 12.0 Å². The normalized spacial score (nSPS) is 11.6. The molecule has 0 fully saturated rings. The SMILES string of the molecule is C=CCNC/C=C(/C)Cl. The highest BCUT2D eigenvalue weighted by molar-refractivity contribution is 6.29. The van der Waals surface area contributed by atoms with Crippen molar-refractivity contribution in [3.05, 3.63) is 23.8 Å². The fourth-order valence-corrected chi connectivity index (χ4v) is 0.475. The second-order valence-corrected chi connectivity index (χ2v) is 2.33. The molecule has 0 aromatic rings. The van der Waals surface area contributed by atoms with Gasteiger partial charge in [-0.2, -0.15) is 0 Å². The predicted octanol–water partition coefficient (Wildman–Crippen LogP) is 1.90. The highest BCUT2D eigenvalue weighted by Crippen LogP contribution is 1.94. The lowest BCUT2D eigenvalue weighted by Gasteiger charge is -1.93. The minimum atomic E-state index is 0.821. The summed E-state index contributed by atoms with van der Waals surface area (Å²) in [5.74, 6) is 0. The van der Waals surface area contributed by atoms with Gasteiger partial charge in [0.1, 0.15) is 0 Å². The molecule has 0 saturated heterocycles. The molecule has 0 aromatic carbocycles. The second kappa shape index (κ2) is 5.86. The Morgan fingerprint density at radius 3 is 2.78 bits per heavy atom. The Morgan fingerprint density at radius 2 is 2.33 bits per heavy atom. The molecule has 0 aliphatic carbocycles. The molecular weight excluding hydrogens is 134 g/mol. The van der Waals surface area contributed by atoms with Crippen LogP contribution in [-0.2, 0) is 0 Å². The average molecular weight is 146 g/mol. The van der Waals surface area contributed by atoms with E-state index in [0.29, 0.717) is 0 Å². The smallest absolute Gasteiger partial charge is 0.0152 e. The van der Waals surface area contributed by atoms with Crippen molar-refractivity contribution in [3.63, 3.8) is 0 Å². The van der Waals surface area contributed by atoms with Crippen LogP contribution in [0.2, 0.25) is 0 Å². The molecule has 0 rings (SSSR count). The van der Waals surface area contributed by atoms with Crippen LogP contribution in [0.25, 0.3) is 0 Å². The fourth-order valence-electron chi connectivity index (χ4n) is 0.398. The first kappa shape index (κ1) is 8.73.